The lowest BCUT2D eigenvalue weighted by molar-refractivity contribution is -0.122. The smallest absolute Gasteiger partial charge is 0.221 e. The fourth-order valence-electron chi connectivity index (χ4n) is 4.82. The van der Waals surface area contributed by atoms with Gasteiger partial charge < -0.3 is 14.6 Å². The molecule has 4 rings (SSSR count). The molecule has 1 aliphatic rings. The van der Waals surface area contributed by atoms with Gasteiger partial charge in [-0.15, -0.1) is 0 Å². The Morgan fingerprint density at radius 2 is 1.94 bits per heavy atom. The highest BCUT2D eigenvalue weighted by Crippen LogP contribution is 2.30. The van der Waals surface area contributed by atoms with Crippen LogP contribution < -0.4 is 10.1 Å². The van der Waals surface area contributed by atoms with Crippen LogP contribution in [0.3, 0.4) is 0 Å². The van der Waals surface area contributed by atoms with Crippen LogP contribution in [-0.4, -0.2) is 36.2 Å². The summed E-state index contributed by atoms with van der Waals surface area (Å²) in [6, 6.07) is 16.8. The van der Waals surface area contributed by atoms with Gasteiger partial charge in [0.05, 0.1) is 12.8 Å². The van der Waals surface area contributed by atoms with Crippen LogP contribution in [0.5, 0.6) is 5.75 Å². The molecule has 1 N–H and O–H groups in total. The molecule has 2 aromatic carbocycles. The summed E-state index contributed by atoms with van der Waals surface area (Å²) in [4.78, 5) is 15.2. The van der Waals surface area contributed by atoms with Crippen molar-refractivity contribution in [2.24, 2.45) is 0 Å². The Bertz CT molecular complexity index is 1070. The number of benzene rings is 2. The molecule has 1 amide bonds. The van der Waals surface area contributed by atoms with Crippen LogP contribution in [0.1, 0.15) is 65.4 Å². The highest BCUT2D eigenvalue weighted by Gasteiger charge is 2.24. The molecule has 0 spiro atoms. The van der Waals surface area contributed by atoms with Crippen molar-refractivity contribution < 1.29 is 14.1 Å². The van der Waals surface area contributed by atoms with E-state index in [-0.39, 0.29) is 11.9 Å². The van der Waals surface area contributed by atoms with Crippen molar-refractivity contribution in [2.75, 3.05) is 20.2 Å². The van der Waals surface area contributed by atoms with Gasteiger partial charge in [0, 0.05) is 37.5 Å². The quantitative estimate of drug-likeness (QED) is 0.552. The van der Waals surface area contributed by atoms with Crippen molar-refractivity contribution in [1.29, 1.82) is 0 Å². The van der Waals surface area contributed by atoms with Gasteiger partial charge >= 0.3 is 0 Å². The van der Waals surface area contributed by atoms with E-state index in [1.54, 1.807) is 7.11 Å². The standard InChI is InChI=1S/C28H35N3O3/c1-20-25(21(2)34-30-20)17-24-16-22(12-13-27(24)33-3)19-31-15-9-5-8-14-29-28(32)18-26(31)23-10-6-4-7-11-23/h4,6-7,10-13,16,26H,5,8-9,14-15,17-19H2,1-3H3,(H,29,32). The third-order valence-electron chi connectivity index (χ3n) is 6.73. The average molecular weight is 462 g/mol. The van der Waals surface area contributed by atoms with Crippen LogP contribution in [0.2, 0.25) is 0 Å². The lowest BCUT2D eigenvalue weighted by Crippen LogP contribution is -2.36. The Labute approximate surface area is 202 Å². The number of aromatic nitrogens is 1. The Hall–Kier alpha value is -3.12. The molecule has 0 bridgehead atoms. The van der Waals surface area contributed by atoms with Gasteiger partial charge in [0.1, 0.15) is 11.5 Å². The minimum absolute atomic E-state index is 0.0346. The molecule has 34 heavy (non-hydrogen) atoms. The van der Waals surface area contributed by atoms with E-state index in [0.717, 1.165) is 67.2 Å². The highest BCUT2D eigenvalue weighted by atomic mass is 16.5. The molecule has 6 nitrogen and oxygen atoms in total. The first-order valence-corrected chi connectivity index (χ1v) is 12.2. The number of hydrogen-bond acceptors (Lipinski definition) is 5. The van der Waals surface area contributed by atoms with Crippen LogP contribution in [0.25, 0.3) is 0 Å². The van der Waals surface area contributed by atoms with Crippen molar-refractivity contribution >= 4 is 5.91 Å². The summed E-state index contributed by atoms with van der Waals surface area (Å²) in [5, 5.41) is 7.21. The molecule has 0 saturated carbocycles. The number of nitrogens with zero attached hydrogens (tertiary/aromatic N) is 2. The molecule has 0 radical (unpaired) electrons. The molecule has 180 valence electrons. The first-order chi connectivity index (χ1) is 16.5. The Morgan fingerprint density at radius 1 is 1.12 bits per heavy atom. The minimum atomic E-state index is 0.0346. The lowest BCUT2D eigenvalue weighted by Gasteiger charge is -2.33. The Balaban J connectivity index is 1.63. The van der Waals surface area contributed by atoms with Crippen molar-refractivity contribution in [3.8, 4) is 5.75 Å². The third-order valence-corrected chi connectivity index (χ3v) is 6.73. The topological polar surface area (TPSA) is 67.6 Å². The maximum atomic E-state index is 12.7. The summed E-state index contributed by atoms with van der Waals surface area (Å²) in [5.74, 6) is 1.83. The fourth-order valence-corrected chi connectivity index (χ4v) is 4.82. The number of carbonyl (C=O) groups excluding carboxylic acids is 1. The van der Waals surface area contributed by atoms with Gasteiger partial charge in [0.2, 0.25) is 5.91 Å². The van der Waals surface area contributed by atoms with Crippen LogP contribution in [0.15, 0.2) is 53.1 Å². The molecule has 1 atom stereocenters. The van der Waals surface area contributed by atoms with E-state index in [1.165, 1.54) is 11.1 Å². The summed E-state index contributed by atoms with van der Waals surface area (Å²) in [7, 11) is 1.71. The fraction of sp³-hybridized carbons (Fsp3) is 0.429. The number of hydrogen-bond donors (Lipinski definition) is 1. The molecule has 1 aliphatic heterocycles. The number of methoxy groups -OCH3 is 1. The normalized spacial score (nSPS) is 17.9. The van der Waals surface area contributed by atoms with Gasteiger partial charge in [-0.3, -0.25) is 9.69 Å². The maximum Gasteiger partial charge on any atom is 0.221 e. The zero-order chi connectivity index (χ0) is 23.9. The van der Waals surface area contributed by atoms with Gasteiger partial charge in [0.25, 0.3) is 0 Å². The predicted molar refractivity (Wildman–Crippen MR) is 133 cm³/mol. The van der Waals surface area contributed by atoms with Crippen molar-refractivity contribution in [2.45, 2.75) is 58.5 Å². The summed E-state index contributed by atoms with van der Waals surface area (Å²) in [6.45, 7) is 6.42. The second-order valence-corrected chi connectivity index (χ2v) is 9.14. The molecule has 2 heterocycles. The first kappa shape index (κ1) is 24.0. The molecular weight excluding hydrogens is 426 g/mol. The highest BCUT2D eigenvalue weighted by molar-refractivity contribution is 5.76. The summed E-state index contributed by atoms with van der Waals surface area (Å²) < 4.78 is 11.0. The maximum absolute atomic E-state index is 12.7. The number of amides is 1. The van der Waals surface area contributed by atoms with E-state index in [0.29, 0.717) is 12.8 Å². The van der Waals surface area contributed by atoms with Gasteiger partial charge in [-0.25, -0.2) is 0 Å². The number of aryl methyl sites for hydroxylation is 2. The first-order valence-electron chi connectivity index (χ1n) is 12.2. The average Bonchev–Trinajstić information content (AvgIpc) is 3.17. The van der Waals surface area contributed by atoms with E-state index in [4.69, 9.17) is 9.26 Å². The van der Waals surface area contributed by atoms with E-state index in [1.807, 2.05) is 26.0 Å². The number of nitrogens with one attached hydrogen (secondary N) is 1. The minimum Gasteiger partial charge on any atom is -0.496 e. The lowest BCUT2D eigenvalue weighted by atomic mass is 9.97. The van der Waals surface area contributed by atoms with Gasteiger partial charge in [-0.05, 0) is 56.0 Å². The molecule has 1 fully saturated rings. The van der Waals surface area contributed by atoms with Crippen LogP contribution in [0.4, 0.5) is 0 Å². The molecule has 6 heteroatoms. The molecule has 1 aromatic heterocycles. The number of ether oxygens (including phenoxy) is 1. The molecule has 1 unspecified atom stereocenters. The number of rotatable bonds is 6. The van der Waals surface area contributed by atoms with Crippen molar-refractivity contribution in [1.82, 2.24) is 15.4 Å². The molecule has 3 aromatic rings. The van der Waals surface area contributed by atoms with Crippen LogP contribution in [-0.2, 0) is 17.8 Å². The van der Waals surface area contributed by atoms with Crippen LogP contribution >= 0.6 is 0 Å². The van der Waals surface area contributed by atoms with E-state index in [2.05, 4.69) is 51.8 Å². The third kappa shape index (κ3) is 5.86. The summed E-state index contributed by atoms with van der Waals surface area (Å²) in [6.07, 6.45) is 4.42. The largest absolute Gasteiger partial charge is 0.496 e. The zero-order valence-corrected chi connectivity index (χ0v) is 20.5. The predicted octanol–water partition coefficient (Wildman–Crippen LogP) is 5.12. The van der Waals surface area contributed by atoms with Crippen LogP contribution in [0, 0.1) is 13.8 Å². The van der Waals surface area contributed by atoms with Crippen molar-refractivity contribution in [3.63, 3.8) is 0 Å². The second kappa shape index (κ2) is 11.3. The molecule has 0 aliphatic carbocycles. The van der Waals surface area contributed by atoms with E-state index in [9.17, 15) is 4.79 Å². The SMILES string of the molecule is COc1ccc(CN2CCCCCNC(=O)CC2c2ccccc2)cc1Cc1c(C)noc1C. The monoisotopic (exact) mass is 461 g/mol. The molecular formula is C28H35N3O3. The van der Waals surface area contributed by atoms with Gasteiger partial charge in [-0.1, -0.05) is 54.0 Å². The second-order valence-electron chi connectivity index (χ2n) is 9.14. The summed E-state index contributed by atoms with van der Waals surface area (Å²) in [5.41, 5.74) is 5.53. The molecule has 1 saturated heterocycles. The van der Waals surface area contributed by atoms with E-state index >= 15 is 0 Å². The number of carbonyl (C=O) groups is 1. The van der Waals surface area contributed by atoms with Gasteiger partial charge in [-0.2, -0.15) is 0 Å². The van der Waals surface area contributed by atoms with Gasteiger partial charge in [0.15, 0.2) is 0 Å². The Kier molecular flexibility index (Phi) is 8.01. The van der Waals surface area contributed by atoms with Crippen molar-refractivity contribution in [3.05, 3.63) is 82.2 Å². The zero-order valence-electron chi connectivity index (χ0n) is 20.5. The van der Waals surface area contributed by atoms with E-state index < -0.39 is 0 Å². The summed E-state index contributed by atoms with van der Waals surface area (Å²) >= 11 is 0. The Morgan fingerprint density at radius 3 is 2.68 bits per heavy atom.